The first-order chi connectivity index (χ1) is 35.5. The largest absolute Gasteiger partial charge is 0.462 e. The van der Waals surface area contributed by atoms with Gasteiger partial charge in [-0.05, 0) is 96.3 Å². The Bertz CT molecular complexity index is 1380. The highest BCUT2D eigenvalue weighted by molar-refractivity contribution is 5.71. The summed E-state index contributed by atoms with van der Waals surface area (Å²) in [6.07, 6.45) is 79.1. The second kappa shape index (κ2) is 60.1. The van der Waals surface area contributed by atoms with Gasteiger partial charge < -0.3 is 14.2 Å². The van der Waals surface area contributed by atoms with Gasteiger partial charge in [0.2, 0.25) is 0 Å². The van der Waals surface area contributed by atoms with E-state index in [4.69, 9.17) is 14.2 Å². The summed E-state index contributed by atoms with van der Waals surface area (Å²) in [5, 5.41) is 0. The fourth-order valence-electron chi connectivity index (χ4n) is 8.56. The van der Waals surface area contributed by atoms with Gasteiger partial charge in [-0.1, -0.05) is 266 Å². The molecule has 1 unspecified atom stereocenters. The van der Waals surface area contributed by atoms with E-state index in [9.17, 15) is 14.4 Å². The number of esters is 3. The fraction of sp³-hybridized carbons (Fsp3) is 0.742. The molecule has 0 aliphatic rings. The third kappa shape index (κ3) is 57.5. The van der Waals surface area contributed by atoms with E-state index < -0.39 is 6.10 Å². The molecule has 0 aromatic heterocycles. The molecule has 0 spiro atoms. The molecule has 0 heterocycles. The molecule has 0 aliphatic heterocycles. The van der Waals surface area contributed by atoms with Gasteiger partial charge in [-0.2, -0.15) is 0 Å². The number of hydrogen-bond donors (Lipinski definition) is 0. The van der Waals surface area contributed by atoms with E-state index in [0.717, 1.165) is 103 Å². The number of unbranched alkanes of at least 4 members (excludes halogenated alkanes) is 30. The SMILES string of the molecule is CC/C=C\C/C=C\C/C=C\C/C=C\C/C=C\CCCCCCCCCCCCCCCCCC(=O)OCC(COC(=O)CCCCCCCC)OC(=O)CCCCCCCCC/C=C\C/C=C\CCCCC. The molecule has 0 aliphatic carbocycles. The van der Waals surface area contributed by atoms with Crippen LogP contribution in [0.25, 0.3) is 0 Å². The molecule has 6 heteroatoms. The van der Waals surface area contributed by atoms with Crippen LogP contribution in [-0.2, 0) is 28.6 Å². The van der Waals surface area contributed by atoms with Crippen molar-refractivity contribution in [3.8, 4) is 0 Å². The van der Waals surface area contributed by atoms with Crippen LogP contribution in [0.2, 0.25) is 0 Å². The topological polar surface area (TPSA) is 78.9 Å². The molecule has 414 valence electrons. The van der Waals surface area contributed by atoms with Gasteiger partial charge >= 0.3 is 17.9 Å². The van der Waals surface area contributed by atoms with Gasteiger partial charge in [-0.25, -0.2) is 0 Å². The van der Waals surface area contributed by atoms with Crippen LogP contribution in [0.5, 0.6) is 0 Å². The molecule has 0 bridgehead atoms. The molecule has 0 amide bonds. The normalized spacial score (nSPS) is 12.7. The number of rotatable bonds is 55. The van der Waals surface area contributed by atoms with Crippen molar-refractivity contribution in [1.29, 1.82) is 0 Å². The van der Waals surface area contributed by atoms with Crippen LogP contribution in [-0.4, -0.2) is 37.2 Å². The van der Waals surface area contributed by atoms with E-state index in [1.54, 1.807) is 0 Å². The Morgan fingerprint density at radius 1 is 0.292 bits per heavy atom. The quantitative estimate of drug-likeness (QED) is 0.0261. The Hall–Kier alpha value is -3.41. The summed E-state index contributed by atoms with van der Waals surface area (Å²) in [5.41, 5.74) is 0. The molecule has 0 N–H and O–H groups in total. The summed E-state index contributed by atoms with van der Waals surface area (Å²) >= 11 is 0. The summed E-state index contributed by atoms with van der Waals surface area (Å²) in [7, 11) is 0. The fourth-order valence-corrected chi connectivity index (χ4v) is 8.56. The second-order valence-electron chi connectivity index (χ2n) is 20.2. The summed E-state index contributed by atoms with van der Waals surface area (Å²) in [6, 6.07) is 0. The third-order valence-corrected chi connectivity index (χ3v) is 13.1. The Labute approximate surface area is 445 Å². The second-order valence-corrected chi connectivity index (χ2v) is 20.2. The zero-order chi connectivity index (χ0) is 52.2. The van der Waals surface area contributed by atoms with Crippen LogP contribution in [0, 0.1) is 0 Å². The molecule has 0 rings (SSSR count). The van der Waals surface area contributed by atoms with Crippen LogP contribution in [0.1, 0.15) is 297 Å². The lowest BCUT2D eigenvalue weighted by Gasteiger charge is -2.18. The number of hydrogen-bond acceptors (Lipinski definition) is 6. The van der Waals surface area contributed by atoms with Crippen molar-refractivity contribution in [3.63, 3.8) is 0 Å². The molecule has 0 radical (unpaired) electrons. The lowest BCUT2D eigenvalue weighted by molar-refractivity contribution is -0.167. The maximum absolute atomic E-state index is 12.8. The molecule has 1 atom stereocenters. The van der Waals surface area contributed by atoms with E-state index in [1.807, 2.05) is 0 Å². The highest BCUT2D eigenvalue weighted by Gasteiger charge is 2.19. The van der Waals surface area contributed by atoms with Crippen molar-refractivity contribution in [1.82, 2.24) is 0 Å². The number of carbonyl (C=O) groups excluding carboxylic acids is 3. The minimum Gasteiger partial charge on any atom is -0.462 e. The number of carbonyl (C=O) groups is 3. The highest BCUT2D eigenvalue weighted by atomic mass is 16.6. The third-order valence-electron chi connectivity index (χ3n) is 13.1. The average Bonchev–Trinajstić information content (AvgIpc) is 3.38. The van der Waals surface area contributed by atoms with E-state index in [-0.39, 0.29) is 31.1 Å². The van der Waals surface area contributed by atoms with Crippen molar-refractivity contribution in [2.75, 3.05) is 13.2 Å². The van der Waals surface area contributed by atoms with Gasteiger partial charge in [0.15, 0.2) is 6.10 Å². The highest BCUT2D eigenvalue weighted by Crippen LogP contribution is 2.16. The van der Waals surface area contributed by atoms with Gasteiger partial charge in [0, 0.05) is 19.3 Å². The van der Waals surface area contributed by atoms with E-state index in [2.05, 4.69) is 106 Å². The minimum absolute atomic E-state index is 0.0771. The van der Waals surface area contributed by atoms with E-state index in [0.29, 0.717) is 19.3 Å². The van der Waals surface area contributed by atoms with Gasteiger partial charge in [0.1, 0.15) is 13.2 Å². The summed E-state index contributed by atoms with van der Waals surface area (Å²) in [6.45, 7) is 6.45. The van der Waals surface area contributed by atoms with Crippen molar-refractivity contribution < 1.29 is 28.6 Å². The smallest absolute Gasteiger partial charge is 0.306 e. The van der Waals surface area contributed by atoms with Crippen LogP contribution in [0.4, 0.5) is 0 Å². The minimum atomic E-state index is -0.776. The first-order valence-electron chi connectivity index (χ1n) is 30.6. The Balaban J connectivity index is 4.04. The lowest BCUT2D eigenvalue weighted by Crippen LogP contribution is -2.30. The predicted molar refractivity (Wildman–Crippen MR) is 311 cm³/mol. The van der Waals surface area contributed by atoms with Gasteiger partial charge in [0.05, 0.1) is 0 Å². The van der Waals surface area contributed by atoms with Crippen molar-refractivity contribution in [2.45, 2.75) is 303 Å². The first-order valence-corrected chi connectivity index (χ1v) is 30.6. The van der Waals surface area contributed by atoms with Crippen LogP contribution < -0.4 is 0 Å². The van der Waals surface area contributed by atoms with E-state index in [1.165, 1.54) is 154 Å². The molecule has 0 saturated heterocycles. The van der Waals surface area contributed by atoms with Crippen molar-refractivity contribution >= 4 is 17.9 Å². The predicted octanol–water partition coefficient (Wildman–Crippen LogP) is 20.7. The first kappa shape index (κ1) is 68.6. The Morgan fingerprint density at radius 3 is 0.875 bits per heavy atom. The lowest BCUT2D eigenvalue weighted by atomic mass is 10.0. The number of ether oxygens (including phenoxy) is 3. The standard InChI is InChI=1S/C66H114O6/c1-4-7-10-13-16-18-20-22-24-26-27-28-29-30-31-32-33-34-35-36-37-38-39-41-42-44-46-48-50-53-56-59-65(68)71-62-63(61-70-64(67)58-55-52-15-12-9-6-3)72-66(69)60-57-54-51-49-47-45-43-40-25-23-21-19-17-14-11-8-5-2/h7,10,16-19,22-25,27-28,30-31,63H,4-6,8-9,11-15,20-21,26,29,32-62H2,1-3H3/b10-7-,18-16-,19-17-,24-22-,25-23-,28-27-,31-30-. The molecule has 0 fully saturated rings. The molecule has 0 saturated carbocycles. The molecular formula is C66H114O6. The summed E-state index contributed by atoms with van der Waals surface area (Å²) in [5.74, 6) is -0.887. The van der Waals surface area contributed by atoms with Crippen molar-refractivity contribution in [2.24, 2.45) is 0 Å². The van der Waals surface area contributed by atoms with Gasteiger partial charge in [0.25, 0.3) is 0 Å². The molecule has 0 aromatic rings. The molecule has 0 aromatic carbocycles. The Kier molecular flexibility index (Phi) is 57.3. The summed E-state index contributed by atoms with van der Waals surface area (Å²) in [4.78, 5) is 37.9. The summed E-state index contributed by atoms with van der Waals surface area (Å²) < 4.78 is 16.8. The van der Waals surface area contributed by atoms with Crippen LogP contribution in [0.15, 0.2) is 85.1 Å². The van der Waals surface area contributed by atoms with Gasteiger partial charge in [-0.15, -0.1) is 0 Å². The monoisotopic (exact) mass is 1000 g/mol. The van der Waals surface area contributed by atoms with Crippen LogP contribution in [0.3, 0.4) is 0 Å². The number of allylic oxidation sites excluding steroid dienone is 14. The van der Waals surface area contributed by atoms with E-state index >= 15 is 0 Å². The maximum Gasteiger partial charge on any atom is 0.306 e. The zero-order valence-electron chi connectivity index (χ0n) is 47.4. The van der Waals surface area contributed by atoms with Crippen LogP contribution >= 0.6 is 0 Å². The van der Waals surface area contributed by atoms with Crippen molar-refractivity contribution in [3.05, 3.63) is 85.1 Å². The molecular weight excluding hydrogens is 889 g/mol. The van der Waals surface area contributed by atoms with Gasteiger partial charge in [-0.3, -0.25) is 14.4 Å². The average molecular weight is 1000 g/mol. The zero-order valence-corrected chi connectivity index (χ0v) is 47.4. The maximum atomic E-state index is 12.8. The molecule has 72 heavy (non-hydrogen) atoms. The molecule has 6 nitrogen and oxygen atoms in total. The Morgan fingerprint density at radius 2 is 0.542 bits per heavy atom.